The van der Waals surface area contributed by atoms with Crippen LogP contribution in [-0.4, -0.2) is 53.7 Å². The summed E-state index contributed by atoms with van der Waals surface area (Å²) in [6.07, 6.45) is 4.50. The van der Waals surface area contributed by atoms with Crippen LogP contribution in [0.4, 0.5) is 0 Å². The molecule has 1 unspecified atom stereocenters. The summed E-state index contributed by atoms with van der Waals surface area (Å²) < 4.78 is 28.8. The fraction of sp³-hybridized carbons (Fsp3) is 0.476. The van der Waals surface area contributed by atoms with Gasteiger partial charge in [-0.3, -0.25) is 9.59 Å². The number of benzene rings is 1. The maximum absolute atomic E-state index is 13.0. The zero-order valence-electron chi connectivity index (χ0n) is 17.7. The molecule has 9 nitrogen and oxygen atoms in total. The molecule has 2 aromatic rings. The monoisotopic (exact) mass is 447 g/mol. The Balaban J connectivity index is 1.66. The van der Waals surface area contributed by atoms with Crippen molar-refractivity contribution in [1.29, 1.82) is 0 Å². The Kier molecular flexibility index (Phi) is 7.80. The zero-order valence-corrected chi connectivity index (χ0v) is 18.5. The number of sulfonamides is 1. The lowest BCUT2D eigenvalue weighted by Gasteiger charge is -2.21. The number of nitrogens with one attached hydrogen (secondary N) is 2. The van der Waals surface area contributed by atoms with Crippen molar-refractivity contribution in [3.8, 4) is 0 Å². The second-order valence-electron chi connectivity index (χ2n) is 7.71. The van der Waals surface area contributed by atoms with E-state index in [-0.39, 0.29) is 42.3 Å². The van der Waals surface area contributed by atoms with Crippen molar-refractivity contribution in [2.24, 2.45) is 13.0 Å². The summed E-state index contributed by atoms with van der Waals surface area (Å²) >= 11 is 0. The maximum atomic E-state index is 13.0. The Bertz CT molecular complexity index is 990. The molecule has 10 heteroatoms. The van der Waals surface area contributed by atoms with E-state index in [9.17, 15) is 18.0 Å². The molecule has 1 aliphatic rings. The normalized spacial score (nSPS) is 19.3. The van der Waals surface area contributed by atoms with Gasteiger partial charge < -0.3 is 15.2 Å². The van der Waals surface area contributed by atoms with Gasteiger partial charge in [-0.25, -0.2) is 13.4 Å². The number of aromatic nitrogens is 2. The van der Waals surface area contributed by atoms with Crippen LogP contribution in [-0.2, 0) is 33.2 Å². The molecule has 1 fully saturated rings. The molecule has 3 rings (SSSR count). The second-order valence-corrected chi connectivity index (χ2v) is 9.60. The Morgan fingerprint density at radius 2 is 2.00 bits per heavy atom. The SMILES string of the molecule is Cn1cnc(S(=O)(=O)N2CCCC(C(=O)NCc3ccccc3)CCNC(=O)CC2)c1. The number of imidazole rings is 1. The van der Waals surface area contributed by atoms with Crippen molar-refractivity contribution in [1.82, 2.24) is 24.5 Å². The Morgan fingerprint density at radius 1 is 1.23 bits per heavy atom. The standard InChI is InChI=1S/C21H29N5O4S/c1-25-15-20(24-16-25)31(29,30)26-12-5-8-18(9-11-22-19(27)10-13-26)21(28)23-14-17-6-3-2-4-7-17/h2-4,6-7,15-16,18H,5,8-14H2,1H3,(H,22,27)(H,23,28). The van der Waals surface area contributed by atoms with E-state index in [2.05, 4.69) is 15.6 Å². The average Bonchev–Trinajstić information content (AvgIpc) is 3.19. The molecular formula is C21H29N5O4S. The summed E-state index contributed by atoms with van der Waals surface area (Å²) in [5.74, 6) is -0.621. The van der Waals surface area contributed by atoms with Crippen LogP contribution in [0.1, 0.15) is 31.2 Å². The molecule has 1 atom stereocenters. The third-order valence-corrected chi connectivity index (χ3v) is 7.11. The highest BCUT2D eigenvalue weighted by atomic mass is 32.2. The van der Waals surface area contributed by atoms with E-state index in [4.69, 9.17) is 0 Å². The van der Waals surface area contributed by atoms with Crippen molar-refractivity contribution in [3.63, 3.8) is 0 Å². The van der Waals surface area contributed by atoms with Gasteiger partial charge in [-0.15, -0.1) is 0 Å². The molecule has 2 amide bonds. The lowest BCUT2D eigenvalue weighted by Crippen LogP contribution is -2.36. The average molecular weight is 448 g/mol. The predicted molar refractivity (Wildman–Crippen MR) is 115 cm³/mol. The van der Waals surface area contributed by atoms with E-state index >= 15 is 0 Å². The summed E-state index contributed by atoms with van der Waals surface area (Å²) in [5.41, 5.74) is 1.01. The minimum atomic E-state index is -3.81. The fourth-order valence-corrected chi connectivity index (χ4v) is 5.00. The van der Waals surface area contributed by atoms with Gasteiger partial charge >= 0.3 is 0 Å². The molecule has 2 N–H and O–H groups in total. The number of rotatable bonds is 5. The van der Waals surface area contributed by atoms with Crippen LogP contribution >= 0.6 is 0 Å². The van der Waals surface area contributed by atoms with Crippen LogP contribution in [0.3, 0.4) is 0 Å². The second kappa shape index (κ2) is 10.5. The van der Waals surface area contributed by atoms with Crippen molar-refractivity contribution in [2.75, 3.05) is 19.6 Å². The zero-order chi connectivity index (χ0) is 22.3. The first-order chi connectivity index (χ1) is 14.9. The summed E-state index contributed by atoms with van der Waals surface area (Å²) in [4.78, 5) is 28.9. The summed E-state index contributed by atoms with van der Waals surface area (Å²) in [5, 5.41) is 5.71. The largest absolute Gasteiger partial charge is 0.356 e. The number of carbonyl (C=O) groups excluding carboxylic acids is 2. The van der Waals surface area contributed by atoms with Crippen LogP contribution in [0.2, 0.25) is 0 Å². The summed E-state index contributed by atoms with van der Waals surface area (Å²) in [7, 11) is -2.11. The molecule has 1 aromatic carbocycles. The number of aryl methyl sites for hydroxylation is 1. The van der Waals surface area contributed by atoms with E-state index in [1.807, 2.05) is 30.3 Å². The van der Waals surface area contributed by atoms with Crippen LogP contribution in [0, 0.1) is 5.92 Å². The molecule has 2 heterocycles. The summed E-state index contributed by atoms with van der Waals surface area (Å²) in [6.45, 7) is 1.13. The molecule has 1 saturated heterocycles. The van der Waals surface area contributed by atoms with E-state index in [1.54, 1.807) is 11.6 Å². The van der Waals surface area contributed by atoms with Crippen LogP contribution < -0.4 is 10.6 Å². The molecule has 0 aliphatic carbocycles. The fourth-order valence-electron chi connectivity index (χ4n) is 3.56. The van der Waals surface area contributed by atoms with Gasteiger partial charge in [0.2, 0.25) is 11.8 Å². The van der Waals surface area contributed by atoms with E-state index < -0.39 is 10.0 Å². The van der Waals surface area contributed by atoms with Gasteiger partial charge in [0.1, 0.15) is 0 Å². The number of carbonyl (C=O) groups is 2. The highest BCUT2D eigenvalue weighted by molar-refractivity contribution is 7.89. The first-order valence-electron chi connectivity index (χ1n) is 10.4. The van der Waals surface area contributed by atoms with Gasteiger partial charge in [0.25, 0.3) is 10.0 Å². The van der Waals surface area contributed by atoms with E-state index in [0.29, 0.717) is 32.4 Å². The number of nitrogens with zero attached hydrogens (tertiary/aromatic N) is 3. The highest BCUT2D eigenvalue weighted by Gasteiger charge is 2.28. The minimum Gasteiger partial charge on any atom is -0.356 e. The Hall–Kier alpha value is -2.72. The molecule has 0 bridgehead atoms. The molecule has 0 radical (unpaired) electrons. The molecule has 0 spiro atoms. The van der Waals surface area contributed by atoms with Crippen molar-refractivity contribution in [2.45, 2.75) is 37.3 Å². The third-order valence-electron chi connectivity index (χ3n) is 5.33. The summed E-state index contributed by atoms with van der Waals surface area (Å²) in [6, 6.07) is 9.64. The van der Waals surface area contributed by atoms with E-state index in [1.165, 1.54) is 16.8 Å². The Labute approximate surface area is 182 Å². The lowest BCUT2D eigenvalue weighted by atomic mass is 9.98. The number of amides is 2. The van der Waals surface area contributed by atoms with Gasteiger partial charge in [0.15, 0.2) is 5.03 Å². The first kappa shape index (κ1) is 23.0. The number of hydrogen-bond donors (Lipinski definition) is 2. The van der Waals surface area contributed by atoms with Gasteiger partial charge in [-0.05, 0) is 24.8 Å². The quantitative estimate of drug-likeness (QED) is 0.711. The highest BCUT2D eigenvalue weighted by Crippen LogP contribution is 2.18. The van der Waals surface area contributed by atoms with Crippen molar-refractivity contribution in [3.05, 3.63) is 48.4 Å². The van der Waals surface area contributed by atoms with Crippen LogP contribution in [0.25, 0.3) is 0 Å². The van der Waals surface area contributed by atoms with Crippen LogP contribution in [0.15, 0.2) is 47.9 Å². The third kappa shape index (κ3) is 6.38. The van der Waals surface area contributed by atoms with Gasteiger partial charge in [-0.2, -0.15) is 4.31 Å². The molecule has 0 saturated carbocycles. The van der Waals surface area contributed by atoms with Crippen molar-refractivity contribution >= 4 is 21.8 Å². The smallest absolute Gasteiger partial charge is 0.262 e. The molecule has 168 valence electrons. The maximum Gasteiger partial charge on any atom is 0.262 e. The number of hydrogen-bond acceptors (Lipinski definition) is 5. The van der Waals surface area contributed by atoms with Gasteiger partial charge in [0.05, 0.1) is 6.33 Å². The lowest BCUT2D eigenvalue weighted by molar-refractivity contribution is -0.126. The predicted octanol–water partition coefficient (Wildman–Crippen LogP) is 1.03. The topological polar surface area (TPSA) is 113 Å². The van der Waals surface area contributed by atoms with Crippen LogP contribution in [0.5, 0.6) is 0 Å². The molecule has 31 heavy (non-hydrogen) atoms. The molecule has 1 aliphatic heterocycles. The van der Waals surface area contributed by atoms with Crippen molar-refractivity contribution < 1.29 is 18.0 Å². The van der Waals surface area contributed by atoms with Gasteiger partial charge in [-0.1, -0.05) is 30.3 Å². The first-order valence-corrected chi connectivity index (χ1v) is 11.9. The molecular weight excluding hydrogens is 418 g/mol. The van der Waals surface area contributed by atoms with Gasteiger partial charge in [0, 0.05) is 51.8 Å². The molecule has 1 aromatic heterocycles. The Morgan fingerprint density at radius 3 is 2.71 bits per heavy atom. The van der Waals surface area contributed by atoms with E-state index in [0.717, 1.165) is 5.56 Å². The minimum absolute atomic E-state index is 0.0394.